The molecule has 0 atom stereocenters. The van der Waals surface area contributed by atoms with Gasteiger partial charge >= 0.3 is 0 Å². The van der Waals surface area contributed by atoms with Crippen molar-refractivity contribution in [2.45, 2.75) is 8.68 Å². The molecule has 2 saturated heterocycles. The summed E-state index contributed by atoms with van der Waals surface area (Å²) in [5, 5.41) is 8.60. The molecular formula is C14H24N4O2S3. The van der Waals surface area contributed by atoms with Crippen LogP contribution in [-0.2, 0) is 9.47 Å². The van der Waals surface area contributed by atoms with E-state index in [4.69, 9.17) is 9.47 Å². The first-order valence-electron chi connectivity index (χ1n) is 8.09. The molecule has 6 nitrogen and oxygen atoms in total. The Morgan fingerprint density at radius 3 is 1.65 bits per heavy atom. The first kappa shape index (κ1) is 17.9. The van der Waals surface area contributed by atoms with E-state index in [2.05, 4.69) is 20.0 Å². The molecule has 3 rings (SSSR count). The summed E-state index contributed by atoms with van der Waals surface area (Å²) in [6.07, 6.45) is 0. The summed E-state index contributed by atoms with van der Waals surface area (Å²) < 4.78 is 12.9. The van der Waals surface area contributed by atoms with Gasteiger partial charge in [0.05, 0.1) is 26.4 Å². The lowest BCUT2D eigenvalue weighted by Crippen LogP contribution is -2.37. The van der Waals surface area contributed by atoms with Crippen molar-refractivity contribution < 1.29 is 9.47 Å². The summed E-state index contributed by atoms with van der Waals surface area (Å²) in [6, 6.07) is 0. The summed E-state index contributed by atoms with van der Waals surface area (Å²) >= 11 is 5.36. The van der Waals surface area contributed by atoms with E-state index >= 15 is 0 Å². The van der Waals surface area contributed by atoms with Crippen molar-refractivity contribution in [2.75, 3.05) is 77.2 Å². The Morgan fingerprint density at radius 2 is 1.22 bits per heavy atom. The molecule has 130 valence electrons. The van der Waals surface area contributed by atoms with E-state index in [0.29, 0.717) is 0 Å². The minimum atomic E-state index is 0.868. The van der Waals surface area contributed by atoms with Gasteiger partial charge < -0.3 is 9.47 Å². The lowest BCUT2D eigenvalue weighted by atomic mass is 10.4. The maximum Gasteiger partial charge on any atom is 0.175 e. The monoisotopic (exact) mass is 376 g/mol. The minimum Gasteiger partial charge on any atom is -0.379 e. The smallest absolute Gasteiger partial charge is 0.175 e. The van der Waals surface area contributed by atoms with Crippen LogP contribution in [0.4, 0.5) is 0 Å². The molecule has 0 saturated carbocycles. The first-order valence-corrected chi connectivity index (χ1v) is 10.9. The lowest BCUT2D eigenvalue weighted by Gasteiger charge is -2.26. The second kappa shape index (κ2) is 10.2. The highest BCUT2D eigenvalue weighted by atomic mass is 32.2. The van der Waals surface area contributed by atoms with Gasteiger partial charge in [-0.1, -0.05) is 34.9 Å². The minimum absolute atomic E-state index is 0.868. The zero-order valence-electron chi connectivity index (χ0n) is 13.3. The second-order valence-corrected chi connectivity index (χ2v) is 9.10. The van der Waals surface area contributed by atoms with Crippen LogP contribution in [0.5, 0.6) is 0 Å². The van der Waals surface area contributed by atoms with Gasteiger partial charge in [-0.05, 0) is 0 Å². The van der Waals surface area contributed by atoms with Gasteiger partial charge in [-0.2, -0.15) is 0 Å². The van der Waals surface area contributed by atoms with Crippen LogP contribution in [0.2, 0.25) is 0 Å². The molecule has 0 unspecified atom stereocenters. The van der Waals surface area contributed by atoms with E-state index in [-0.39, 0.29) is 0 Å². The fourth-order valence-corrected chi connectivity index (χ4v) is 5.65. The van der Waals surface area contributed by atoms with Crippen LogP contribution < -0.4 is 0 Å². The fraction of sp³-hybridized carbons (Fsp3) is 0.857. The Bertz CT molecular complexity index is 412. The molecular weight excluding hydrogens is 352 g/mol. The summed E-state index contributed by atoms with van der Waals surface area (Å²) in [5.41, 5.74) is 0. The molecule has 1 aromatic rings. The largest absolute Gasteiger partial charge is 0.379 e. The summed E-state index contributed by atoms with van der Waals surface area (Å²) in [5.74, 6) is 2.15. The van der Waals surface area contributed by atoms with Gasteiger partial charge in [0.1, 0.15) is 0 Å². The maximum absolute atomic E-state index is 5.37. The second-order valence-electron chi connectivity index (χ2n) is 5.44. The summed E-state index contributed by atoms with van der Waals surface area (Å²) in [4.78, 5) is 4.91. The third kappa shape index (κ3) is 6.49. The van der Waals surface area contributed by atoms with Crippen molar-refractivity contribution in [3.8, 4) is 0 Å². The van der Waals surface area contributed by atoms with Crippen LogP contribution in [-0.4, -0.2) is 97.2 Å². The predicted octanol–water partition coefficient (Wildman–Crippen LogP) is 1.39. The van der Waals surface area contributed by atoms with E-state index in [1.54, 1.807) is 11.3 Å². The van der Waals surface area contributed by atoms with Crippen LogP contribution in [0, 0.1) is 0 Å². The van der Waals surface area contributed by atoms with Gasteiger partial charge in [-0.15, -0.1) is 10.2 Å². The van der Waals surface area contributed by atoms with Crippen molar-refractivity contribution in [2.24, 2.45) is 0 Å². The fourth-order valence-electron chi connectivity index (χ4n) is 2.49. The van der Waals surface area contributed by atoms with Crippen molar-refractivity contribution in [3.05, 3.63) is 0 Å². The van der Waals surface area contributed by atoms with Crippen LogP contribution in [0.25, 0.3) is 0 Å². The van der Waals surface area contributed by atoms with Crippen LogP contribution in [0.1, 0.15) is 0 Å². The van der Waals surface area contributed by atoms with Gasteiger partial charge in [0.25, 0.3) is 0 Å². The number of morpholine rings is 2. The molecule has 0 amide bonds. The van der Waals surface area contributed by atoms with Crippen molar-refractivity contribution in [1.29, 1.82) is 0 Å². The predicted molar refractivity (Wildman–Crippen MR) is 95.9 cm³/mol. The molecule has 3 heterocycles. The van der Waals surface area contributed by atoms with Gasteiger partial charge in [0, 0.05) is 50.8 Å². The van der Waals surface area contributed by atoms with E-state index in [1.807, 2.05) is 23.5 Å². The average Bonchev–Trinajstić information content (AvgIpc) is 3.05. The quantitative estimate of drug-likeness (QED) is 0.631. The molecule has 1 aromatic heterocycles. The van der Waals surface area contributed by atoms with Crippen LogP contribution in [0.3, 0.4) is 0 Å². The highest BCUT2D eigenvalue weighted by molar-refractivity contribution is 8.03. The lowest BCUT2D eigenvalue weighted by molar-refractivity contribution is 0.0409. The van der Waals surface area contributed by atoms with Gasteiger partial charge in [-0.25, -0.2) is 0 Å². The Labute approximate surface area is 150 Å². The summed E-state index contributed by atoms with van der Waals surface area (Å²) in [6.45, 7) is 9.90. The molecule has 2 aliphatic heterocycles. The highest BCUT2D eigenvalue weighted by Crippen LogP contribution is 2.28. The Balaban J connectivity index is 1.29. The average molecular weight is 377 g/mol. The third-order valence-electron chi connectivity index (χ3n) is 3.86. The van der Waals surface area contributed by atoms with Crippen molar-refractivity contribution >= 4 is 34.9 Å². The van der Waals surface area contributed by atoms with E-state index in [1.165, 1.54) is 0 Å². The highest BCUT2D eigenvalue weighted by Gasteiger charge is 2.12. The molecule has 0 bridgehead atoms. The standard InChI is InChI=1S/C14H24N4O2S3/c1-7-19-8-2-17(1)5-11-21-13-15-16-14(23-13)22-12-6-18-3-9-20-10-4-18/h1-12H2. The zero-order valence-corrected chi connectivity index (χ0v) is 15.8. The van der Waals surface area contributed by atoms with Crippen LogP contribution in [0.15, 0.2) is 8.68 Å². The Hall–Kier alpha value is 0.1000. The number of hydrogen-bond donors (Lipinski definition) is 0. The molecule has 0 aromatic carbocycles. The molecule has 0 N–H and O–H groups in total. The number of ether oxygens (including phenoxy) is 2. The number of rotatable bonds is 8. The van der Waals surface area contributed by atoms with Gasteiger partial charge in [-0.3, -0.25) is 9.80 Å². The Kier molecular flexibility index (Phi) is 7.92. The first-order chi connectivity index (χ1) is 11.4. The van der Waals surface area contributed by atoms with E-state index < -0.39 is 0 Å². The van der Waals surface area contributed by atoms with Gasteiger partial charge in [0.2, 0.25) is 0 Å². The van der Waals surface area contributed by atoms with Crippen molar-refractivity contribution in [3.63, 3.8) is 0 Å². The topological polar surface area (TPSA) is 50.7 Å². The molecule has 2 aliphatic rings. The maximum atomic E-state index is 5.37. The molecule has 9 heteroatoms. The zero-order chi connectivity index (χ0) is 15.7. The SMILES string of the molecule is C1CN(CCSc2nnc(SCCN3CCOCC3)s2)CCO1. The summed E-state index contributed by atoms with van der Waals surface area (Å²) in [7, 11) is 0. The molecule has 2 fully saturated rings. The molecule has 23 heavy (non-hydrogen) atoms. The van der Waals surface area contributed by atoms with Gasteiger partial charge in [0.15, 0.2) is 8.68 Å². The van der Waals surface area contributed by atoms with E-state index in [9.17, 15) is 0 Å². The molecule has 0 aliphatic carbocycles. The van der Waals surface area contributed by atoms with Crippen LogP contribution >= 0.6 is 34.9 Å². The number of nitrogens with zero attached hydrogens (tertiary/aromatic N) is 4. The number of aromatic nitrogens is 2. The van der Waals surface area contributed by atoms with E-state index in [0.717, 1.165) is 85.9 Å². The number of hydrogen-bond acceptors (Lipinski definition) is 9. The van der Waals surface area contributed by atoms with Crippen molar-refractivity contribution in [1.82, 2.24) is 20.0 Å². The Morgan fingerprint density at radius 1 is 0.783 bits per heavy atom. The third-order valence-corrected chi connectivity index (χ3v) is 7.01. The number of thioether (sulfide) groups is 2. The molecule has 0 spiro atoms. The normalized spacial score (nSPS) is 20.9. The molecule has 0 radical (unpaired) electrons.